The molecule has 5 heteroatoms. The molecule has 0 atom stereocenters. The first-order chi connectivity index (χ1) is 9.08. The van der Waals surface area contributed by atoms with Gasteiger partial charge in [-0.1, -0.05) is 13.8 Å². The Morgan fingerprint density at radius 3 is 2.89 bits per heavy atom. The van der Waals surface area contributed by atoms with Crippen molar-refractivity contribution in [1.82, 2.24) is 15.3 Å². The van der Waals surface area contributed by atoms with Crippen LogP contribution in [0.4, 0.5) is 5.82 Å². The standard InChI is InChI=1S/C14H22N4S/c1-10(2)8-15-5-6-18(4)13-12-7-11(3)19-14(12)17-9-16-13/h7,9-10,15H,5-6,8H2,1-4H3. The maximum Gasteiger partial charge on any atom is 0.140 e. The molecule has 0 bridgehead atoms. The van der Waals surface area contributed by atoms with E-state index in [1.807, 2.05) is 0 Å². The number of likely N-dealkylation sites (N-methyl/N-ethyl adjacent to an activating group) is 1. The van der Waals surface area contributed by atoms with Crippen LogP contribution in [0.2, 0.25) is 0 Å². The van der Waals surface area contributed by atoms with Gasteiger partial charge in [-0.3, -0.25) is 0 Å². The highest BCUT2D eigenvalue weighted by molar-refractivity contribution is 7.18. The van der Waals surface area contributed by atoms with Gasteiger partial charge in [-0.05, 0) is 25.5 Å². The van der Waals surface area contributed by atoms with Crippen LogP contribution in [0.5, 0.6) is 0 Å². The number of anilines is 1. The third kappa shape index (κ3) is 3.64. The van der Waals surface area contributed by atoms with Crippen molar-refractivity contribution in [2.24, 2.45) is 5.92 Å². The Bertz CT molecular complexity index is 535. The van der Waals surface area contributed by atoms with E-state index in [0.717, 1.165) is 35.7 Å². The van der Waals surface area contributed by atoms with Crippen LogP contribution in [-0.2, 0) is 0 Å². The second kappa shape index (κ2) is 6.30. The van der Waals surface area contributed by atoms with Gasteiger partial charge in [0.25, 0.3) is 0 Å². The van der Waals surface area contributed by atoms with E-state index in [4.69, 9.17) is 0 Å². The van der Waals surface area contributed by atoms with E-state index in [1.54, 1.807) is 17.7 Å². The van der Waals surface area contributed by atoms with Crippen LogP contribution in [0.3, 0.4) is 0 Å². The second-order valence-electron chi connectivity index (χ2n) is 5.29. The van der Waals surface area contributed by atoms with Gasteiger partial charge in [-0.2, -0.15) is 0 Å². The number of hydrogen-bond acceptors (Lipinski definition) is 5. The quantitative estimate of drug-likeness (QED) is 0.825. The molecule has 2 rings (SSSR count). The van der Waals surface area contributed by atoms with Crippen molar-refractivity contribution in [2.45, 2.75) is 20.8 Å². The van der Waals surface area contributed by atoms with E-state index in [2.05, 4.69) is 54.1 Å². The molecule has 104 valence electrons. The van der Waals surface area contributed by atoms with Crippen LogP contribution in [0.1, 0.15) is 18.7 Å². The zero-order valence-corrected chi connectivity index (χ0v) is 12.9. The van der Waals surface area contributed by atoms with Gasteiger partial charge in [0.1, 0.15) is 17.0 Å². The molecule has 0 fully saturated rings. The molecule has 1 N–H and O–H groups in total. The van der Waals surface area contributed by atoms with Gasteiger partial charge in [-0.15, -0.1) is 11.3 Å². The van der Waals surface area contributed by atoms with Gasteiger partial charge in [0.05, 0.1) is 5.39 Å². The fourth-order valence-corrected chi connectivity index (χ4v) is 2.85. The molecule has 2 aromatic rings. The zero-order valence-electron chi connectivity index (χ0n) is 12.1. The van der Waals surface area contributed by atoms with Crippen molar-refractivity contribution in [2.75, 3.05) is 31.6 Å². The first-order valence-corrected chi connectivity index (χ1v) is 7.52. The molecular weight excluding hydrogens is 256 g/mol. The SMILES string of the molecule is Cc1cc2c(N(C)CCNCC(C)C)ncnc2s1. The lowest BCUT2D eigenvalue weighted by atomic mass is 10.2. The normalized spacial score (nSPS) is 11.4. The van der Waals surface area contributed by atoms with Gasteiger partial charge in [0.15, 0.2) is 0 Å². The molecule has 0 aliphatic heterocycles. The van der Waals surface area contributed by atoms with E-state index in [-0.39, 0.29) is 0 Å². The Morgan fingerprint density at radius 2 is 2.16 bits per heavy atom. The van der Waals surface area contributed by atoms with Crippen molar-refractivity contribution >= 4 is 27.4 Å². The van der Waals surface area contributed by atoms with Crippen LogP contribution in [-0.4, -0.2) is 36.6 Å². The van der Waals surface area contributed by atoms with Crippen molar-refractivity contribution in [3.63, 3.8) is 0 Å². The molecule has 0 saturated carbocycles. The Hall–Kier alpha value is -1.20. The Kier molecular flexibility index (Phi) is 4.71. The van der Waals surface area contributed by atoms with E-state index in [9.17, 15) is 0 Å². The van der Waals surface area contributed by atoms with Crippen molar-refractivity contribution < 1.29 is 0 Å². The van der Waals surface area contributed by atoms with Crippen LogP contribution >= 0.6 is 11.3 Å². The summed E-state index contributed by atoms with van der Waals surface area (Å²) in [5.41, 5.74) is 0. The molecule has 0 amide bonds. The minimum atomic E-state index is 0.690. The molecule has 0 aliphatic carbocycles. The monoisotopic (exact) mass is 278 g/mol. The maximum absolute atomic E-state index is 4.43. The molecule has 19 heavy (non-hydrogen) atoms. The summed E-state index contributed by atoms with van der Waals surface area (Å²) in [7, 11) is 2.09. The Labute approximate surface area is 118 Å². The molecule has 2 aromatic heterocycles. The molecule has 0 saturated heterocycles. The summed E-state index contributed by atoms with van der Waals surface area (Å²) in [6.45, 7) is 9.54. The average Bonchev–Trinajstić information content (AvgIpc) is 2.73. The Morgan fingerprint density at radius 1 is 1.37 bits per heavy atom. The summed E-state index contributed by atoms with van der Waals surface area (Å²) in [5.74, 6) is 1.72. The van der Waals surface area contributed by atoms with Crippen LogP contribution < -0.4 is 10.2 Å². The summed E-state index contributed by atoms with van der Waals surface area (Å²) in [5, 5.41) is 4.62. The summed E-state index contributed by atoms with van der Waals surface area (Å²) in [6, 6.07) is 2.17. The first kappa shape index (κ1) is 14.2. The number of aromatic nitrogens is 2. The van der Waals surface area contributed by atoms with E-state index >= 15 is 0 Å². The molecule has 2 heterocycles. The number of thiophene rings is 1. The van der Waals surface area contributed by atoms with Crippen LogP contribution in [0.25, 0.3) is 10.2 Å². The van der Waals surface area contributed by atoms with Gasteiger partial charge in [0, 0.05) is 25.0 Å². The van der Waals surface area contributed by atoms with Crippen molar-refractivity contribution in [3.8, 4) is 0 Å². The highest BCUT2D eigenvalue weighted by Gasteiger charge is 2.10. The summed E-state index contributed by atoms with van der Waals surface area (Å²) in [4.78, 5) is 13.3. The van der Waals surface area contributed by atoms with Crippen molar-refractivity contribution in [1.29, 1.82) is 0 Å². The van der Waals surface area contributed by atoms with E-state index in [1.165, 1.54) is 4.88 Å². The number of fused-ring (bicyclic) bond motifs is 1. The lowest BCUT2D eigenvalue weighted by Gasteiger charge is -2.19. The smallest absolute Gasteiger partial charge is 0.140 e. The highest BCUT2D eigenvalue weighted by Crippen LogP contribution is 2.28. The third-order valence-corrected chi connectivity index (χ3v) is 3.93. The zero-order chi connectivity index (χ0) is 13.8. The molecular formula is C14H22N4S. The molecule has 0 aromatic carbocycles. The maximum atomic E-state index is 4.43. The highest BCUT2D eigenvalue weighted by atomic mass is 32.1. The first-order valence-electron chi connectivity index (χ1n) is 6.71. The molecule has 0 radical (unpaired) electrons. The molecule has 0 spiro atoms. The molecule has 4 nitrogen and oxygen atoms in total. The minimum absolute atomic E-state index is 0.690. The van der Waals surface area contributed by atoms with E-state index in [0.29, 0.717) is 5.92 Å². The summed E-state index contributed by atoms with van der Waals surface area (Å²) in [6.07, 6.45) is 1.66. The summed E-state index contributed by atoms with van der Waals surface area (Å²) < 4.78 is 0. The van der Waals surface area contributed by atoms with Gasteiger partial charge < -0.3 is 10.2 Å². The van der Waals surface area contributed by atoms with Crippen LogP contribution in [0, 0.1) is 12.8 Å². The van der Waals surface area contributed by atoms with Gasteiger partial charge in [0.2, 0.25) is 0 Å². The lowest BCUT2D eigenvalue weighted by Crippen LogP contribution is -2.31. The van der Waals surface area contributed by atoms with Crippen LogP contribution in [0.15, 0.2) is 12.4 Å². The topological polar surface area (TPSA) is 41.0 Å². The number of aryl methyl sites for hydroxylation is 1. The van der Waals surface area contributed by atoms with Gasteiger partial charge >= 0.3 is 0 Å². The predicted octanol–water partition coefficient (Wildman–Crippen LogP) is 2.68. The number of nitrogens with one attached hydrogen (secondary N) is 1. The Balaban J connectivity index is 2.02. The minimum Gasteiger partial charge on any atom is -0.358 e. The number of hydrogen-bond donors (Lipinski definition) is 1. The van der Waals surface area contributed by atoms with E-state index < -0.39 is 0 Å². The number of nitrogens with zero attached hydrogens (tertiary/aromatic N) is 3. The molecule has 0 unspecified atom stereocenters. The third-order valence-electron chi connectivity index (χ3n) is 2.97. The largest absolute Gasteiger partial charge is 0.358 e. The average molecular weight is 278 g/mol. The lowest BCUT2D eigenvalue weighted by molar-refractivity contribution is 0.554. The van der Waals surface area contributed by atoms with Crippen molar-refractivity contribution in [3.05, 3.63) is 17.3 Å². The van der Waals surface area contributed by atoms with Gasteiger partial charge in [-0.25, -0.2) is 9.97 Å². The second-order valence-corrected chi connectivity index (χ2v) is 6.53. The molecule has 0 aliphatic rings. The fraction of sp³-hybridized carbons (Fsp3) is 0.571. The number of rotatable bonds is 6. The fourth-order valence-electron chi connectivity index (χ4n) is 2.01. The summed E-state index contributed by atoms with van der Waals surface area (Å²) >= 11 is 1.72. The predicted molar refractivity (Wildman–Crippen MR) is 83.1 cm³/mol.